The van der Waals surface area contributed by atoms with Gasteiger partial charge in [-0.2, -0.15) is 0 Å². The van der Waals surface area contributed by atoms with Crippen LogP contribution in [0.3, 0.4) is 0 Å². The van der Waals surface area contributed by atoms with Crippen LogP contribution < -0.4 is 10.6 Å². The molecule has 0 saturated heterocycles. The van der Waals surface area contributed by atoms with Crippen LogP contribution in [0.4, 0.5) is 0 Å². The Bertz CT molecular complexity index is 751. The third-order valence-electron chi connectivity index (χ3n) is 3.74. The van der Waals surface area contributed by atoms with Crippen LogP contribution in [0, 0.1) is 5.92 Å². The smallest absolute Gasteiger partial charge is 0.340 e. The van der Waals surface area contributed by atoms with Gasteiger partial charge in [0, 0.05) is 5.02 Å². The molecule has 0 aromatic heterocycles. The largest absolute Gasteiger partial charge is 0.464 e. The summed E-state index contributed by atoms with van der Waals surface area (Å²) in [4.78, 5) is 49.4. The number of ether oxygens (including phenoxy) is 2. The molecule has 1 aromatic carbocycles. The fourth-order valence-corrected chi connectivity index (χ4v) is 2.82. The molecule has 0 heterocycles. The number of carbonyl (C=O) groups excluding carboxylic acids is 4. The number of halogens is 2. The van der Waals surface area contributed by atoms with Gasteiger partial charge in [0.05, 0.1) is 23.8 Å². The van der Waals surface area contributed by atoms with E-state index < -0.39 is 35.8 Å². The lowest BCUT2D eigenvalue weighted by atomic mass is 10.0. The molecular weight excluding hydrogens is 423 g/mol. The highest BCUT2D eigenvalue weighted by Gasteiger charge is 2.35. The van der Waals surface area contributed by atoms with E-state index in [-0.39, 0.29) is 29.7 Å². The van der Waals surface area contributed by atoms with E-state index in [0.717, 1.165) is 0 Å². The van der Waals surface area contributed by atoms with Gasteiger partial charge in [0.1, 0.15) is 6.04 Å². The standard InChI is InChI=1S/C19H24Cl2N2O6/c1-5-28-18(26)15(19(27)29-6-2)23-17(25)14(10(3)4)22-16(24)12-8-7-11(20)9-13(12)21/h7-10,14-15H,5-6H2,1-4H3,(H,22,24)(H,23,25)/t14-/m1/s1. The summed E-state index contributed by atoms with van der Waals surface area (Å²) in [6.45, 7) is 6.55. The van der Waals surface area contributed by atoms with Crippen molar-refractivity contribution in [2.75, 3.05) is 13.2 Å². The molecule has 0 radical (unpaired) electrons. The molecule has 0 saturated carbocycles. The first-order valence-electron chi connectivity index (χ1n) is 9.01. The van der Waals surface area contributed by atoms with Crippen LogP contribution in [0.5, 0.6) is 0 Å². The third-order valence-corrected chi connectivity index (χ3v) is 4.29. The monoisotopic (exact) mass is 446 g/mol. The van der Waals surface area contributed by atoms with Crippen molar-refractivity contribution in [3.63, 3.8) is 0 Å². The molecule has 0 aliphatic rings. The average Bonchev–Trinajstić information content (AvgIpc) is 2.63. The second-order valence-electron chi connectivity index (χ2n) is 6.27. The van der Waals surface area contributed by atoms with Gasteiger partial charge < -0.3 is 20.1 Å². The summed E-state index contributed by atoms with van der Waals surface area (Å²) in [5, 5.41) is 5.33. The minimum atomic E-state index is -1.64. The Balaban J connectivity index is 3.00. The zero-order valence-electron chi connectivity index (χ0n) is 16.6. The van der Waals surface area contributed by atoms with E-state index >= 15 is 0 Å². The summed E-state index contributed by atoms with van der Waals surface area (Å²) in [7, 11) is 0. The van der Waals surface area contributed by atoms with Crippen LogP contribution in [0.25, 0.3) is 0 Å². The second-order valence-corrected chi connectivity index (χ2v) is 7.11. The fourth-order valence-electron chi connectivity index (χ4n) is 2.32. The number of esters is 2. The Labute approximate surface area is 179 Å². The summed E-state index contributed by atoms with van der Waals surface area (Å²) >= 11 is 11.9. The van der Waals surface area contributed by atoms with Gasteiger partial charge in [-0.25, -0.2) is 9.59 Å². The zero-order valence-corrected chi connectivity index (χ0v) is 18.1. The van der Waals surface area contributed by atoms with Crippen molar-refractivity contribution in [3.05, 3.63) is 33.8 Å². The second kappa shape index (κ2) is 11.6. The van der Waals surface area contributed by atoms with Gasteiger partial charge in [-0.3, -0.25) is 9.59 Å². The Morgan fingerprint density at radius 2 is 1.52 bits per heavy atom. The summed E-state index contributed by atoms with van der Waals surface area (Å²) in [5.74, 6) is -3.62. The molecule has 160 valence electrons. The predicted octanol–water partition coefficient (Wildman–Crippen LogP) is 2.36. The van der Waals surface area contributed by atoms with Crippen LogP contribution in [0.15, 0.2) is 18.2 Å². The summed E-state index contributed by atoms with van der Waals surface area (Å²) in [6, 6.07) is 1.62. The highest BCUT2D eigenvalue weighted by Crippen LogP contribution is 2.21. The number of carbonyl (C=O) groups is 4. The molecule has 0 bridgehead atoms. The van der Waals surface area contributed by atoms with Gasteiger partial charge >= 0.3 is 11.9 Å². The summed E-state index contributed by atoms with van der Waals surface area (Å²) in [6.07, 6.45) is 0. The van der Waals surface area contributed by atoms with Gasteiger partial charge in [-0.05, 0) is 38.0 Å². The number of rotatable bonds is 9. The molecule has 1 atom stereocenters. The van der Waals surface area contributed by atoms with Gasteiger partial charge in [0.2, 0.25) is 11.9 Å². The minimum absolute atomic E-state index is 0.0179. The molecule has 8 nitrogen and oxygen atoms in total. The molecule has 10 heteroatoms. The van der Waals surface area contributed by atoms with Gasteiger partial charge in [-0.15, -0.1) is 0 Å². The van der Waals surface area contributed by atoms with Gasteiger partial charge in [-0.1, -0.05) is 37.0 Å². The molecule has 2 amide bonds. The first-order valence-corrected chi connectivity index (χ1v) is 9.77. The first-order chi connectivity index (χ1) is 13.6. The number of hydrogen-bond acceptors (Lipinski definition) is 6. The Morgan fingerprint density at radius 3 is 1.97 bits per heavy atom. The molecular formula is C19H24Cl2N2O6. The zero-order chi connectivity index (χ0) is 22.1. The molecule has 0 fully saturated rings. The number of hydrogen-bond donors (Lipinski definition) is 2. The fraction of sp³-hybridized carbons (Fsp3) is 0.474. The Kier molecular flexibility index (Phi) is 9.91. The molecule has 29 heavy (non-hydrogen) atoms. The minimum Gasteiger partial charge on any atom is -0.464 e. The molecule has 2 N–H and O–H groups in total. The lowest BCUT2D eigenvalue weighted by Crippen LogP contribution is -2.56. The number of nitrogens with one attached hydrogen (secondary N) is 2. The van der Waals surface area contributed by atoms with Crippen LogP contribution in [0.2, 0.25) is 10.0 Å². The molecule has 0 aliphatic heterocycles. The molecule has 1 aromatic rings. The molecule has 1 rings (SSSR count). The van der Waals surface area contributed by atoms with E-state index in [4.69, 9.17) is 32.7 Å². The van der Waals surface area contributed by atoms with Crippen LogP contribution in [-0.4, -0.2) is 49.1 Å². The Morgan fingerprint density at radius 1 is 0.966 bits per heavy atom. The van der Waals surface area contributed by atoms with Gasteiger partial charge in [0.15, 0.2) is 0 Å². The lowest BCUT2D eigenvalue weighted by molar-refractivity contribution is -0.159. The highest BCUT2D eigenvalue weighted by molar-refractivity contribution is 6.36. The van der Waals surface area contributed by atoms with Crippen molar-refractivity contribution in [2.24, 2.45) is 5.92 Å². The maximum Gasteiger partial charge on any atom is 0.340 e. The van der Waals surface area contributed by atoms with E-state index in [9.17, 15) is 19.2 Å². The average molecular weight is 447 g/mol. The SMILES string of the molecule is CCOC(=O)C(NC(=O)[C@H](NC(=O)c1ccc(Cl)cc1Cl)C(C)C)C(=O)OCC. The summed E-state index contributed by atoms with van der Waals surface area (Å²) in [5.41, 5.74) is 0.127. The van der Waals surface area contributed by atoms with E-state index in [1.54, 1.807) is 27.7 Å². The van der Waals surface area contributed by atoms with Crippen LogP contribution >= 0.6 is 23.2 Å². The van der Waals surface area contributed by atoms with E-state index in [2.05, 4.69) is 10.6 Å². The molecule has 0 spiro atoms. The normalized spacial score (nSPS) is 11.7. The van der Waals surface area contributed by atoms with Crippen molar-refractivity contribution in [3.8, 4) is 0 Å². The third kappa shape index (κ3) is 7.21. The Hall–Kier alpha value is -2.32. The van der Waals surface area contributed by atoms with Crippen molar-refractivity contribution in [1.82, 2.24) is 10.6 Å². The van der Waals surface area contributed by atoms with Crippen molar-refractivity contribution >= 4 is 47.0 Å². The highest BCUT2D eigenvalue weighted by atomic mass is 35.5. The number of amides is 2. The number of benzene rings is 1. The summed E-state index contributed by atoms with van der Waals surface area (Å²) < 4.78 is 9.64. The van der Waals surface area contributed by atoms with Crippen molar-refractivity contribution in [2.45, 2.75) is 39.8 Å². The van der Waals surface area contributed by atoms with Crippen molar-refractivity contribution in [1.29, 1.82) is 0 Å². The van der Waals surface area contributed by atoms with E-state index in [1.165, 1.54) is 18.2 Å². The van der Waals surface area contributed by atoms with E-state index in [1.807, 2.05) is 0 Å². The van der Waals surface area contributed by atoms with Crippen LogP contribution in [0.1, 0.15) is 38.1 Å². The first kappa shape index (κ1) is 24.7. The maximum absolute atomic E-state index is 12.7. The maximum atomic E-state index is 12.7. The predicted molar refractivity (Wildman–Crippen MR) is 108 cm³/mol. The van der Waals surface area contributed by atoms with Crippen LogP contribution in [-0.2, 0) is 23.9 Å². The van der Waals surface area contributed by atoms with Gasteiger partial charge in [0.25, 0.3) is 5.91 Å². The topological polar surface area (TPSA) is 111 Å². The van der Waals surface area contributed by atoms with E-state index in [0.29, 0.717) is 5.02 Å². The molecule has 0 unspecified atom stereocenters. The lowest BCUT2D eigenvalue weighted by Gasteiger charge is -2.24. The molecule has 0 aliphatic carbocycles. The quantitative estimate of drug-likeness (QED) is 0.444. The van der Waals surface area contributed by atoms with Crippen molar-refractivity contribution < 1.29 is 28.7 Å².